The van der Waals surface area contributed by atoms with Crippen LogP contribution >= 0.6 is 11.3 Å². The van der Waals surface area contributed by atoms with E-state index < -0.39 is 10.0 Å². The topological polar surface area (TPSA) is 99.8 Å². The van der Waals surface area contributed by atoms with Crippen molar-refractivity contribution in [3.8, 4) is 0 Å². The van der Waals surface area contributed by atoms with Gasteiger partial charge in [-0.15, -0.1) is 11.3 Å². The standard InChI is InChI=1S/C11H17N5O2S2/c1-8-15-10(7-19-8)3-4-14-20(17,18)11-9(5-12-2)6-13-16-11/h6-7,12,14H,3-5H2,1-2H3,(H,13,16). The lowest BCUT2D eigenvalue weighted by molar-refractivity contribution is 0.575. The number of hydrogen-bond donors (Lipinski definition) is 3. The second kappa shape index (κ2) is 6.44. The third-order valence-corrected chi connectivity index (χ3v) is 4.95. The fourth-order valence-corrected chi connectivity index (χ4v) is 3.56. The van der Waals surface area contributed by atoms with Crippen LogP contribution in [0.1, 0.15) is 16.3 Å². The molecular formula is C11H17N5O2S2. The fraction of sp³-hybridized carbons (Fsp3) is 0.455. The monoisotopic (exact) mass is 315 g/mol. The maximum absolute atomic E-state index is 12.2. The van der Waals surface area contributed by atoms with Crippen LogP contribution in [0.15, 0.2) is 16.6 Å². The number of aromatic amines is 1. The maximum atomic E-state index is 12.2. The molecule has 0 atom stereocenters. The van der Waals surface area contributed by atoms with Crippen LogP contribution in [-0.4, -0.2) is 37.2 Å². The molecule has 0 saturated carbocycles. The smallest absolute Gasteiger partial charge is 0.257 e. The molecule has 3 N–H and O–H groups in total. The van der Waals surface area contributed by atoms with E-state index in [2.05, 4.69) is 25.2 Å². The molecule has 9 heteroatoms. The van der Waals surface area contributed by atoms with Crippen LogP contribution in [0.3, 0.4) is 0 Å². The summed E-state index contributed by atoms with van der Waals surface area (Å²) < 4.78 is 26.9. The second-order valence-electron chi connectivity index (χ2n) is 4.26. The Kier molecular flexibility index (Phi) is 4.86. The van der Waals surface area contributed by atoms with Gasteiger partial charge < -0.3 is 5.32 Å². The highest BCUT2D eigenvalue weighted by molar-refractivity contribution is 7.89. The van der Waals surface area contributed by atoms with Gasteiger partial charge in [-0.2, -0.15) is 5.10 Å². The van der Waals surface area contributed by atoms with Crippen LogP contribution < -0.4 is 10.0 Å². The molecule has 0 radical (unpaired) electrons. The molecule has 20 heavy (non-hydrogen) atoms. The Labute approximate surface area is 121 Å². The lowest BCUT2D eigenvalue weighted by Crippen LogP contribution is -2.27. The summed E-state index contributed by atoms with van der Waals surface area (Å²) in [5.74, 6) is 0. The minimum Gasteiger partial charge on any atom is -0.316 e. The van der Waals surface area contributed by atoms with Gasteiger partial charge in [0, 0.05) is 30.5 Å². The molecule has 0 aliphatic carbocycles. The first-order valence-electron chi connectivity index (χ1n) is 6.10. The molecule has 0 unspecified atom stereocenters. The number of nitrogens with one attached hydrogen (secondary N) is 3. The molecule has 2 heterocycles. The van der Waals surface area contributed by atoms with Crippen molar-refractivity contribution in [2.24, 2.45) is 0 Å². The molecule has 0 aliphatic rings. The van der Waals surface area contributed by atoms with E-state index in [9.17, 15) is 8.42 Å². The average molecular weight is 315 g/mol. The molecule has 2 aromatic heterocycles. The average Bonchev–Trinajstić information content (AvgIpc) is 2.99. The van der Waals surface area contributed by atoms with Crippen LogP contribution in [0.25, 0.3) is 0 Å². The number of hydrogen-bond acceptors (Lipinski definition) is 6. The van der Waals surface area contributed by atoms with E-state index >= 15 is 0 Å². The zero-order valence-corrected chi connectivity index (χ0v) is 12.9. The number of aromatic nitrogens is 3. The maximum Gasteiger partial charge on any atom is 0.257 e. The SMILES string of the molecule is CNCc1cn[nH]c1S(=O)(=O)NCCc1csc(C)n1. The van der Waals surface area contributed by atoms with Gasteiger partial charge in [-0.25, -0.2) is 18.1 Å². The Morgan fingerprint density at radius 1 is 1.45 bits per heavy atom. The van der Waals surface area contributed by atoms with Gasteiger partial charge in [0.2, 0.25) is 0 Å². The van der Waals surface area contributed by atoms with Crippen LogP contribution in [0.5, 0.6) is 0 Å². The molecular weight excluding hydrogens is 298 g/mol. The van der Waals surface area contributed by atoms with Crippen LogP contribution in [0, 0.1) is 6.92 Å². The largest absolute Gasteiger partial charge is 0.316 e. The second-order valence-corrected chi connectivity index (χ2v) is 7.03. The Morgan fingerprint density at radius 2 is 2.25 bits per heavy atom. The first kappa shape index (κ1) is 15.1. The number of H-pyrrole nitrogens is 1. The van der Waals surface area contributed by atoms with Crippen molar-refractivity contribution in [1.82, 2.24) is 25.2 Å². The molecule has 0 saturated heterocycles. The minimum absolute atomic E-state index is 0.112. The van der Waals surface area contributed by atoms with Gasteiger partial charge in [-0.05, 0) is 14.0 Å². The Hall–Kier alpha value is -1.29. The normalized spacial score (nSPS) is 11.9. The number of aryl methyl sites for hydroxylation is 1. The summed E-state index contributed by atoms with van der Waals surface area (Å²) in [4.78, 5) is 4.29. The van der Waals surface area contributed by atoms with Gasteiger partial charge in [0.1, 0.15) is 0 Å². The predicted molar refractivity (Wildman–Crippen MR) is 77.1 cm³/mol. The molecule has 110 valence electrons. The molecule has 2 aromatic rings. The van der Waals surface area contributed by atoms with E-state index in [-0.39, 0.29) is 5.03 Å². The molecule has 0 fully saturated rings. The number of nitrogens with zero attached hydrogens (tertiary/aromatic N) is 2. The fourth-order valence-electron chi connectivity index (χ4n) is 1.76. The summed E-state index contributed by atoms with van der Waals surface area (Å²) in [6.45, 7) is 2.68. The summed E-state index contributed by atoms with van der Waals surface area (Å²) in [5.41, 5.74) is 1.51. The van der Waals surface area contributed by atoms with Gasteiger partial charge in [-0.3, -0.25) is 5.10 Å². The molecule has 0 aromatic carbocycles. The van der Waals surface area contributed by atoms with Crippen molar-refractivity contribution < 1.29 is 8.42 Å². The molecule has 0 bridgehead atoms. The first-order chi connectivity index (χ1) is 9.53. The number of thiazole rings is 1. The van der Waals surface area contributed by atoms with E-state index in [0.717, 1.165) is 10.7 Å². The minimum atomic E-state index is -3.57. The van der Waals surface area contributed by atoms with E-state index in [4.69, 9.17) is 0 Å². The highest BCUT2D eigenvalue weighted by atomic mass is 32.2. The van der Waals surface area contributed by atoms with Crippen molar-refractivity contribution in [3.63, 3.8) is 0 Å². The highest BCUT2D eigenvalue weighted by Crippen LogP contribution is 2.12. The van der Waals surface area contributed by atoms with Gasteiger partial charge in [0.15, 0.2) is 5.03 Å². The van der Waals surface area contributed by atoms with Crippen molar-refractivity contribution in [1.29, 1.82) is 0 Å². The third-order valence-electron chi connectivity index (χ3n) is 2.65. The van der Waals surface area contributed by atoms with Crippen LogP contribution in [0.4, 0.5) is 0 Å². The van der Waals surface area contributed by atoms with Crippen molar-refractivity contribution >= 4 is 21.4 Å². The highest BCUT2D eigenvalue weighted by Gasteiger charge is 2.19. The number of rotatable bonds is 7. The zero-order valence-electron chi connectivity index (χ0n) is 11.3. The lowest BCUT2D eigenvalue weighted by atomic mass is 10.3. The van der Waals surface area contributed by atoms with E-state index in [1.807, 2.05) is 12.3 Å². The molecule has 7 nitrogen and oxygen atoms in total. The van der Waals surface area contributed by atoms with Crippen LogP contribution in [-0.2, 0) is 23.0 Å². The predicted octanol–water partition coefficient (Wildman–Crippen LogP) is 0.415. The Morgan fingerprint density at radius 3 is 2.90 bits per heavy atom. The van der Waals surface area contributed by atoms with E-state index in [0.29, 0.717) is 25.1 Å². The van der Waals surface area contributed by atoms with Gasteiger partial charge in [0.05, 0.1) is 16.9 Å². The van der Waals surface area contributed by atoms with Crippen molar-refractivity contribution in [2.45, 2.75) is 24.9 Å². The molecule has 2 rings (SSSR count). The van der Waals surface area contributed by atoms with Crippen molar-refractivity contribution in [3.05, 3.63) is 27.8 Å². The summed E-state index contributed by atoms with van der Waals surface area (Å²) in [7, 11) is -1.81. The molecule has 0 aliphatic heterocycles. The van der Waals surface area contributed by atoms with Crippen molar-refractivity contribution in [2.75, 3.05) is 13.6 Å². The summed E-state index contributed by atoms with van der Waals surface area (Å²) >= 11 is 1.56. The van der Waals surface area contributed by atoms with E-state index in [1.54, 1.807) is 18.4 Å². The van der Waals surface area contributed by atoms with Gasteiger partial charge >= 0.3 is 0 Å². The summed E-state index contributed by atoms with van der Waals surface area (Å²) in [6, 6.07) is 0. The zero-order chi connectivity index (χ0) is 14.6. The molecule has 0 amide bonds. The van der Waals surface area contributed by atoms with Gasteiger partial charge in [0.25, 0.3) is 10.0 Å². The first-order valence-corrected chi connectivity index (χ1v) is 8.46. The number of sulfonamides is 1. The lowest BCUT2D eigenvalue weighted by Gasteiger charge is -2.06. The Bertz CT molecular complexity index is 662. The summed E-state index contributed by atoms with van der Waals surface area (Å²) in [6.07, 6.45) is 2.08. The molecule has 0 spiro atoms. The van der Waals surface area contributed by atoms with Gasteiger partial charge in [-0.1, -0.05) is 0 Å². The Balaban J connectivity index is 1.98. The summed E-state index contributed by atoms with van der Waals surface area (Å²) in [5, 5.41) is 12.2. The quantitative estimate of drug-likeness (QED) is 0.687. The third kappa shape index (κ3) is 3.63. The van der Waals surface area contributed by atoms with Crippen LogP contribution in [0.2, 0.25) is 0 Å². The van der Waals surface area contributed by atoms with E-state index in [1.165, 1.54) is 6.20 Å².